The van der Waals surface area contributed by atoms with Crippen molar-refractivity contribution in [2.24, 2.45) is 0 Å². The molecule has 1 saturated heterocycles. The lowest BCUT2D eigenvalue weighted by molar-refractivity contribution is 0.238. The van der Waals surface area contributed by atoms with Gasteiger partial charge in [-0.1, -0.05) is 18.7 Å². The number of hydrogen-bond acceptors (Lipinski definition) is 1. The third-order valence-electron chi connectivity index (χ3n) is 2.55. The van der Waals surface area contributed by atoms with Gasteiger partial charge in [0, 0.05) is 18.3 Å². The van der Waals surface area contributed by atoms with Crippen molar-refractivity contribution < 1.29 is 0 Å². The second-order valence-corrected chi connectivity index (χ2v) is 3.48. The van der Waals surface area contributed by atoms with Gasteiger partial charge in [-0.25, -0.2) is 0 Å². The highest BCUT2D eigenvalue weighted by atomic mass is 15.2. The summed E-state index contributed by atoms with van der Waals surface area (Å²) in [4.78, 5) is 2.34. The Hall–Kier alpha value is -0.980. The third-order valence-corrected chi connectivity index (χ3v) is 2.55. The maximum atomic E-state index is 4.06. The lowest BCUT2D eigenvalue weighted by Crippen LogP contribution is -2.36. The number of rotatable bonds is 3. The molecule has 1 aliphatic rings. The van der Waals surface area contributed by atoms with E-state index in [1.807, 2.05) is 19.1 Å². The van der Waals surface area contributed by atoms with Crippen LogP contribution in [0.1, 0.15) is 26.2 Å². The topological polar surface area (TPSA) is 3.24 Å². The van der Waals surface area contributed by atoms with Crippen molar-refractivity contribution in [2.45, 2.75) is 32.2 Å². The standard InChI is InChI=1S/C12H19N/c1-4-8-11(3)13-10-7-6-9-12(13)5-2/h4-5,8,12H,2-3,6-7,9-10H2,1H3/b8-4-. The Bertz CT molecular complexity index is 215. The molecule has 0 spiro atoms. The van der Waals surface area contributed by atoms with Crippen molar-refractivity contribution in [2.75, 3.05) is 6.54 Å². The largest absolute Gasteiger partial charge is 0.366 e. The number of piperidine rings is 1. The fourth-order valence-electron chi connectivity index (χ4n) is 1.85. The molecule has 0 saturated carbocycles. The van der Waals surface area contributed by atoms with E-state index < -0.39 is 0 Å². The summed E-state index contributed by atoms with van der Waals surface area (Å²) in [5.74, 6) is 0. The first-order valence-electron chi connectivity index (χ1n) is 5.00. The van der Waals surface area contributed by atoms with Crippen molar-refractivity contribution in [1.82, 2.24) is 4.90 Å². The van der Waals surface area contributed by atoms with Gasteiger partial charge in [-0.3, -0.25) is 0 Å². The first kappa shape index (κ1) is 10.1. The Morgan fingerprint density at radius 2 is 2.23 bits per heavy atom. The molecular weight excluding hydrogens is 158 g/mol. The van der Waals surface area contributed by atoms with Gasteiger partial charge in [0.15, 0.2) is 0 Å². The molecular formula is C12H19N. The van der Waals surface area contributed by atoms with E-state index in [4.69, 9.17) is 0 Å². The summed E-state index contributed by atoms with van der Waals surface area (Å²) >= 11 is 0. The van der Waals surface area contributed by atoms with Gasteiger partial charge in [0.2, 0.25) is 0 Å². The summed E-state index contributed by atoms with van der Waals surface area (Å²) in [5, 5.41) is 0. The molecule has 1 unspecified atom stereocenters. The third kappa shape index (κ3) is 2.48. The van der Waals surface area contributed by atoms with E-state index in [1.165, 1.54) is 19.3 Å². The number of hydrogen-bond donors (Lipinski definition) is 0. The van der Waals surface area contributed by atoms with Crippen LogP contribution in [0.3, 0.4) is 0 Å². The number of likely N-dealkylation sites (tertiary alicyclic amines) is 1. The highest BCUT2D eigenvalue weighted by Gasteiger charge is 2.18. The molecule has 0 N–H and O–H groups in total. The van der Waals surface area contributed by atoms with Crippen molar-refractivity contribution in [3.63, 3.8) is 0 Å². The van der Waals surface area contributed by atoms with E-state index in [0.29, 0.717) is 6.04 Å². The van der Waals surface area contributed by atoms with Crippen molar-refractivity contribution in [1.29, 1.82) is 0 Å². The first-order chi connectivity index (χ1) is 6.29. The van der Waals surface area contributed by atoms with Crippen molar-refractivity contribution >= 4 is 0 Å². The molecule has 0 aromatic rings. The smallest absolute Gasteiger partial charge is 0.0470 e. The molecule has 1 nitrogen and oxygen atoms in total. The van der Waals surface area contributed by atoms with Crippen molar-refractivity contribution in [3.05, 3.63) is 37.1 Å². The molecule has 0 radical (unpaired) electrons. The fraction of sp³-hybridized carbons (Fsp3) is 0.500. The minimum atomic E-state index is 0.498. The van der Waals surface area contributed by atoms with Crippen LogP contribution in [0, 0.1) is 0 Å². The average Bonchev–Trinajstić information content (AvgIpc) is 2.18. The van der Waals surface area contributed by atoms with Crippen LogP contribution in [0.5, 0.6) is 0 Å². The Labute approximate surface area is 81.4 Å². The fourth-order valence-corrected chi connectivity index (χ4v) is 1.85. The molecule has 1 heteroatoms. The Morgan fingerprint density at radius 3 is 2.85 bits per heavy atom. The summed E-state index contributed by atoms with van der Waals surface area (Å²) in [5.41, 5.74) is 1.12. The lowest BCUT2D eigenvalue weighted by atomic mass is 10.0. The van der Waals surface area contributed by atoms with E-state index in [0.717, 1.165) is 12.2 Å². The number of allylic oxidation sites excluding steroid dienone is 2. The van der Waals surface area contributed by atoms with Crippen LogP contribution in [-0.4, -0.2) is 17.5 Å². The quantitative estimate of drug-likeness (QED) is 0.473. The van der Waals surface area contributed by atoms with Gasteiger partial charge in [0.1, 0.15) is 0 Å². The van der Waals surface area contributed by atoms with E-state index >= 15 is 0 Å². The van der Waals surface area contributed by atoms with Crippen molar-refractivity contribution in [3.8, 4) is 0 Å². The highest BCUT2D eigenvalue weighted by Crippen LogP contribution is 2.21. The maximum absolute atomic E-state index is 4.06. The zero-order valence-corrected chi connectivity index (χ0v) is 8.50. The average molecular weight is 177 g/mol. The number of nitrogens with zero attached hydrogens (tertiary/aromatic N) is 1. The van der Waals surface area contributed by atoms with E-state index in [-0.39, 0.29) is 0 Å². The van der Waals surface area contributed by atoms with Gasteiger partial charge < -0.3 is 4.90 Å². The molecule has 1 rings (SSSR count). The van der Waals surface area contributed by atoms with Crippen LogP contribution in [0.25, 0.3) is 0 Å². The maximum Gasteiger partial charge on any atom is 0.0470 e. The second-order valence-electron chi connectivity index (χ2n) is 3.48. The van der Waals surface area contributed by atoms with Gasteiger partial charge in [-0.15, -0.1) is 6.58 Å². The summed E-state index contributed by atoms with van der Waals surface area (Å²) in [7, 11) is 0. The predicted molar refractivity (Wildman–Crippen MR) is 58.5 cm³/mol. The van der Waals surface area contributed by atoms with Gasteiger partial charge >= 0.3 is 0 Å². The zero-order chi connectivity index (χ0) is 9.68. The molecule has 72 valence electrons. The summed E-state index contributed by atoms with van der Waals surface area (Å²) in [6.07, 6.45) is 9.96. The lowest BCUT2D eigenvalue weighted by Gasteiger charge is -2.36. The Morgan fingerprint density at radius 1 is 1.46 bits per heavy atom. The SMILES string of the molecule is C=CC1CCCCN1C(=C)/C=C\C. The van der Waals surface area contributed by atoms with Crippen LogP contribution in [0.2, 0.25) is 0 Å². The molecule has 1 heterocycles. The zero-order valence-electron chi connectivity index (χ0n) is 8.50. The Kier molecular flexibility index (Phi) is 3.81. The van der Waals surface area contributed by atoms with Gasteiger partial charge in [-0.2, -0.15) is 0 Å². The van der Waals surface area contributed by atoms with Gasteiger partial charge in [0.05, 0.1) is 0 Å². The molecule has 0 bridgehead atoms. The predicted octanol–water partition coefficient (Wildman–Crippen LogP) is 3.12. The van der Waals surface area contributed by atoms with Crippen LogP contribution in [0.4, 0.5) is 0 Å². The molecule has 13 heavy (non-hydrogen) atoms. The summed E-state index contributed by atoms with van der Waals surface area (Å²) in [6, 6.07) is 0.498. The molecule has 0 amide bonds. The van der Waals surface area contributed by atoms with E-state index in [9.17, 15) is 0 Å². The molecule has 1 fully saturated rings. The molecule has 1 aliphatic heterocycles. The monoisotopic (exact) mass is 177 g/mol. The summed E-state index contributed by atoms with van der Waals surface area (Å²) < 4.78 is 0. The minimum Gasteiger partial charge on any atom is -0.366 e. The molecule has 1 atom stereocenters. The second kappa shape index (κ2) is 4.90. The minimum absolute atomic E-state index is 0.498. The van der Waals surface area contributed by atoms with E-state index in [2.05, 4.69) is 24.1 Å². The normalized spacial score (nSPS) is 23.5. The molecule has 0 aromatic carbocycles. The van der Waals surface area contributed by atoms with Crippen LogP contribution in [0.15, 0.2) is 37.1 Å². The van der Waals surface area contributed by atoms with Crippen LogP contribution >= 0.6 is 0 Å². The Balaban J connectivity index is 2.63. The van der Waals surface area contributed by atoms with Crippen LogP contribution in [-0.2, 0) is 0 Å². The van der Waals surface area contributed by atoms with Gasteiger partial charge in [-0.05, 0) is 32.3 Å². The molecule has 0 aliphatic carbocycles. The van der Waals surface area contributed by atoms with Gasteiger partial charge in [0.25, 0.3) is 0 Å². The first-order valence-corrected chi connectivity index (χ1v) is 5.00. The molecule has 0 aromatic heterocycles. The summed E-state index contributed by atoms with van der Waals surface area (Å²) in [6.45, 7) is 11.1. The van der Waals surface area contributed by atoms with E-state index in [1.54, 1.807) is 0 Å². The highest BCUT2D eigenvalue weighted by molar-refractivity contribution is 5.16. The van der Waals surface area contributed by atoms with Crippen LogP contribution < -0.4 is 0 Å².